The topological polar surface area (TPSA) is 40.5 Å². The van der Waals surface area contributed by atoms with Crippen molar-refractivity contribution in [2.24, 2.45) is 0 Å². The van der Waals surface area contributed by atoms with Crippen molar-refractivity contribution in [3.63, 3.8) is 0 Å². The van der Waals surface area contributed by atoms with Crippen LogP contribution < -0.4 is 0 Å². The van der Waals surface area contributed by atoms with Gasteiger partial charge >= 0.3 is 0 Å². The van der Waals surface area contributed by atoms with E-state index in [1.165, 1.54) is 12.1 Å². The van der Waals surface area contributed by atoms with Crippen molar-refractivity contribution < 1.29 is 19.0 Å². The highest BCUT2D eigenvalue weighted by Gasteiger charge is 2.33. The highest BCUT2D eigenvalue weighted by atomic mass is 19.3. The molecular formula is C9H10F2O2. The van der Waals surface area contributed by atoms with Crippen LogP contribution in [0, 0.1) is 6.92 Å². The molecule has 13 heavy (non-hydrogen) atoms. The summed E-state index contributed by atoms with van der Waals surface area (Å²) in [7, 11) is 0. The quantitative estimate of drug-likeness (QED) is 0.742. The molecule has 0 amide bonds. The van der Waals surface area contributed by atoms with E-state index >= 15 is 0 Å². The molecule has 0 saturated heterocycles. The first-order valence-electron chi connectivity index (χ1n) is 3.76. The van der Waals surface area contributed by atoms with Crippen molar-refractivity contribution in [1.29, 1.82) is 0 Å². The first-order chi connectivity index (χ1) is 5.97. The minimum absolute atomic E-state index is 0.487. The predicted octanol–water partition coefficient (Wildman–Crippen LogP) is 1.78. The maximum absolute atomic E-state index is 12.9. The van der Waals surface area contributed by atoms with Gasteiger partial charge in [-0.1, -0.05) is 6.07 Å². The third-order valence-corrected chi connectivity index (χ3v) is 1.75. The lowest BCUT2D eigenvalue weighted by Gasteiger charge is -2.14. The molecule has 2 nitrogen and oxygen atoms in total. The number of benzene rings is 1. The predicted molar refractivity (Wildman–Crippen MR) is 43.8 cm³/mol. The van der Waals surface area contributed by atoms with E-state index in [0.29, 0.717) is 5.56 Å². The second kappa shape index (κ2) is 3.30. The molecule has 0 unspecified atom stereocenters. The summed E-state index contributed by atoms with van der Waals surface area (Å²) in [6.45, 7) is 0.379. The SMILES string of the molecule is Cc1ccc(C(F)(F)CO)c(O)c1. The van der Waals surface area contributed by atoms with E-state index in [-0.39, 0.29) is 0 Å². The Hall–Kier alpha value is -1.16. The zero-order valence-corrected chi connectivity index (χ0v) is 7.09. The second-order valence-electron chi connectivity index (χ2n) is 2.88. The van der Waals surface area contributed by atoms with Crippen LogP contribution in [0.2, 0.25) is 0 Å². The minimum Gasteiger partial charge on any atom is -0.507 e. The van der Waals surface area contributed by atoms with Gasteiger partial charge in [0.05, 0.1) is 5.56 Å². The van der Waals surface area contributed by atoms with Gasteiger partial charge in [0.1, 0.15) is 12.4 Å². The molecule has 72 valence electrons. The maximum atomic E-state index is 12.9. The molecule has 0 bridgehead atoms. The highest BCUT2D eigenvalue weighted by molar-refractivity contribution is 5.38. The van der Waals surface area contributed by atoms with E-state index in [9.17, 15) is 8.78 Å². The van der Waals surface area contributed by atoms with Gasteiger partial charge in [-0.25, -0.2) is 0 Å². The fourth-order valence-corrected chi connectivity index (χ4v) is 1.04. The van der Waals surface area contributed by atoms with Crippen molar-refractivity contribution in [2.75, 3.05) is 6.61 Å². The van der Waals surface area contributed by atoms with Gasteiger partial charge in [-0.15, -0.1) is 0 Å². The molecule has 0 radical (unpaired) electrons. The Bertz CT molecular complexity index is 310. The van der Waals surface area contributed by atoms with Crippen molar-refractivity contribution in [3.8, 4) is 5.75 Å². The molecule has 0 spiro atoms. The molecule has 0 aliphatic heterocycles. The molecule has 0 saturated carbocycles. The average molecular weight is 188 g/mol. The van der Waals surface area contributed by atoms with E-state index in [4.69, 9.17) is 10.2 Å². The van der Waals surface area contributed by atoms with E-state index < -0.39 is 23.8 Å². The lowest BCUT2D eigenvalue weighted by Crippen LogP contribution is -2.18. The number of hydrogen-bond donors (Lipinski definition) is 2. The van der Waals surface area contributed by atoms with E-state index in [1.54, 1.807) is 6.92 Å². The van der Waals surface area contributed by atoms with Gasteiger partial charge in [0.15, 0.2) is 0 Å². The number of aryl methyl sites for hydroxylation is 1. The molecule has 0 aromatic heterocycles. The van der Waals surface area contributed by atoms with Gasteiger partial charge in [-0.2, -0.15) is 8.78 Å². The summed E-state index contributed by atoms with van der Waals surface area (Å²) in [5.74, 6) is -3.86. The Balaban J connectivity index is 3.16. The molecule has 0 atom stereocenters. The van der Waals surface area contributed by atoms with Crippen LogP contribution in [0.25, 0.3) is 0 Å². The van der Waals surface area contributed by atoms with Crippen molar-refractivity contribution >= 4 is 0 Å². The smallest absolute Gasteiger partial charge is 0.299 e. The number of rotatable bonds is 2. The molecule has 2 N–H and O–H groups in total. The van der Waals surface area contributed by atoms with Gasteiger partial charge in [-0.3, -0.25) is 0 Å². The summed E-state index contributed by atoms with van der Waals surface area (Å²) < 4.78 is 25.7. The Morgan fingerprint density at radius 2 is 2.00 bits per heavy atom. The third-order valence-electron chi connectivity index (χ3n) is 1.75. The first kappa shape index (κ1) is 9.92. The number of phenols is 1. The Labute approximate surface area is 74.4 Å². The molecule has 0 aliphatic carbocycles. The van der Waals surface area contributed by atoms with Gasteiger partial charge in [0, 0.05) is 0 Å². The van der Waals surface area contributed by atoms with Gasteiger partial charge in [0.2, 0.25) is 0 Å². The maximum Gasteiger partial charge on any atom is 0.299 e. The lowest BCUT2D eigenvalue weighted by atomic mass is 10.1. The average Bonchev–Trinajstić information content (AvgIpc) is 2.03. The van der Waals surface area contributed by atoms with Gasteiger partial charge < -0.3 is 10.2 Å². The number of hydrogen-bond acceptors (Lipinski definition) is 2. The fraction of sp³-hybridized carbons (Fsp3) is 0.333. The van der Waals surface area contributed by atoms with Gasteiger partial charge in [0.25, 0.3) is 5.92 Å². The Kier molecular flexibility index (Phi) is 2.52. The van der Waals surface area contributed by atoms with Gasteiger partial charge in [-0.05, 0) is 24.6 Å². The summed E-state index contributed by atoms with van der Waals surface area (Å²) in [6.07, 6.45) is 0. The number of phenolic OH excluding ortho intramolecular Hbond substituents is 1. The van der Waals surface area contributed by atoms with Crippen LogP contribution in [0.3, 0.4) is 0 Å². The van der Waals surface area contributed by atoms with Crippen molar-refractivity contribution in [3.05, 3.63) is 29.3 Å². The monoisotopic (exact) mass is 188 g/mol. The van der Waals surface area contributed by atoms with Crippen LogP contribution in [-0.4, -0.2) is 16.8 Å². The normalized spacial score (nSPS) is 11.7. The Morgan fingerprint density at radius 1 is 1.38 bits per heavy atom. The number of alkyl halides is 2. The number of halogens is 2. The van der Waals surface area contributed by atoms with E-state index in [0.717, 1.165) is 6.07 Å². The molecule has 1 rings (SSSR count). The molecule has 1 aromatic rings. The zero-order chi connectivity index (χ0) is 10.1. The molecule has 4 heteroatoms. The van der Waals surface area contributed by atoms with Crippen LogP contribution in [0.1, 0.15) is 11.1 Å². The summed E-state index contributed by atoms with van der Waals surface area (Å²) in [4.78, 5) is 0. The van der Waals surface area contributed by atoms with Crippen LogP contribution in [0.15, 0.2) is 18.2 Å². The molecule has 0 fully saturated rings. The van der Waals surface area contributed by atoms with Crippen molar-refractivity contribution in [2.45, 2.75) is 12.8 Å². The van der Waals surface area contributed by atoms with E-state index in [2.05, 4.69) is 0 Å². The first-order valence-corrected chi connectivity index (χ1v) is 3.76. The standard InChI is InChI=1S/C9H10F2O2/c1-6-2-3-7(8(13)4-6)9(10,11)5-12/h2-4,12-13H,5H2,1H3. The number of aromatic hydroxyl groups is 1. The van der Waals surface area contributed by atoms with Crippen LogP contribution in [0.4, 0.5) is 8.78 Å². The summed E-state index contributed by atoms with van der Waals surface area (Å²) in [5, 5.41) is 17.5. The van der Waals surface area contributed by atoms with Crippen LogP contribution in [0.5, 0.6) is 5.75 Å². The lowest BCUT2D eigenvalue weighted by molar-refractivity contribution is -0.0571. The van der Waals surface area contributed by atoms with E-state index in [1.807, 2.05) is 0 Å². The molecule has 1 aromatic carbocycles. The third kappa shape index (κ3) is 1.95. The van der Waals surface area contributed by atoms with Crippen molar-refractivity contribution in [1.82, 2.24) is 0 Å². The van der Waals surface area contributed by atoms with Crippen LogP contribution in [-0.2, 0) is 5.92 Å². The number of aliphatic hydroxyl groups excluding tert-OH is 1. The fourth-order valence-electron chi connectivity index (χ4n) is 1.04. The Morgan fingerprint density at radius 3 is 2.46 bits per heavy atom. The minimum atomic E-state index is -3.38. The summed E-state index contributed by atoms with van der Waals surface area (Å²) in [5.41, 5.74) is 0.149. The highest BCUT2D eigenvalue weighted by Crippen LogP contribution is 2.34. The molecule has 0 heterocycles. The van der Waals surface area contributed by atoms with Crippen LogP contribution >= 0.6 is 0 Å². The largest absolute Gasteiger partial charge is 0.507 e. The summed E-state index contributed by atoms with van der Waals surface area (Å²) >= 11 is 0. The molecule has 0 aliphatic rings. The second-order valence-corrected chi connectivity index (χ2v) is 2.88. The molecular weight excluding hydrogens is 178 g/mol. The number of aliphatic hydroxyl groups is 1. The zero-order valence-electron chi connectivity index (χ0n) is 7.09. The summed E-state index contributed by atoms with van der Waals surface area (Å²) in [6, 6.07) is 3.80.